The molecule has 0 amide bonds. The fourth-order valence-corrected chi connectivity index (χ4v) is 3.69. The van der Waals surface area contributed by atoms with Crippen LogP contribution in [-0.4, -0.2) is 16.9 Å². The number of hydrogen-bond donors (Lipinski definition) is 1. The number of rotatable bonds is 1. The van der Waals surface area contributed by atoms with Crippen molar-refractivity contribution in [1.82, 2.24) is 9.88 Å². The standard InChI is InChI=1S/C21H16N4O/c1-13-18-12-24-7-2-8-25(18)20-17(9-16(11-23)21(26)19(13)20)15-5-3-14(10-22)4-6-15/h3-6,9,12,24H,2,7-8H2,1H3. The molecule has 2 aliphatic rings. The van der Waals surface area contributed by atoms with Crippen molar-refractivity contribution in [2.75, 3.05) is 6.54 Å². The molecule has 0 fully saturated rings. The molecule has 0 atom stereocenters. The predicted octanol–water partition coefficient (Wildman–Crippen LogP) is 1.24. The first-order chi connectivity index (χ1) is 12.7. The summed E-state index contributed by atoms with van der Waals surface area (Å²) in [6.07, 6.45) is 4.58. The number of ketones is 1. The molecule has 0 spiro atoms. The lowest BCUT2D eigenvalue weighted by Crippen LogP contribution is -2.32. The van der Waals surface area contributed by atoms with Gasteiger partial charge >= 0.3 is 0 Å². The van der Waals surface area contributed by atoms with Crippen LogP contribution >= 0.6 is 0 Å². The predicted molar refractivity (Wildman–Crippen MR) is 97.2 cm³/mol. The van der Waals surface area contributed by atoms with Crippen molar-refractivity contribution in [3.8, 4) is 12.1 Å². The maximum Gasteiger partial charge on any atom is 0.206 e. The van der Waals surface area contributed by atoms with E-state index in [0.717, 1.165) is 46.9 Å². The smallest absolute Gasteiger partial charge is 0.206 e. The van der Waals surface area contributed by atoms with E-state index in [9.17, 15) is 10.1 Å². The van der Waals surface area contributed by atoms with Crippen LogP contribution in [0.25, 0.3) is 11.8 Å². The van der Waals surface area contributed by atoms with Gasteiger partial charge in [-0.25, -0.2) is 0 Å². The highest BCUT2D eigenvalue weighted by Crippen LogP contribution is 2.22. The monoisotopic (exact) mass is 340 g/mol. The summed E-state index contributed by atoms with van der Waals surface area (Å²) in [6.45, 7) is 3.62. The van der Waals surface area contributed by atoms with E-state index >= 15 is 0 Å². The molecular formula is C21H16N4O. The molecule has 0 unspecified atom stereocenters. The fraction of sp³-hybridized carbons (Fsp3) is 0.190. The Morgan fingerprint density at radius 3 is 2.62 bits per heavy atom. The molecule has 2 aromatic rings. The van der Waals surface area contributed by atoms with Gasteiger partial charge in [0.05, 0.1) is 27.9 Å². The van der Waals surface area contributed by atoms with Gasteiger partial charge in [0, 0.05) is 24.9 Å². The number of aromatic nitrogens is 1. The van der Waals surface area contributed by atoms with Crippen LogP contribution in [0.4, 0.5) is 0 Å². The largest absolute Gasteiger partial charge is 0.389 e. The van der Waals surface area contributed by atoms with Gasteiger partial charge in [0.25, 0.3) is 0 Å². The number of nitrogens with zero attached hydrogens (tertiary/aromatic N) is 3. The summed E-state index contributed by atoms with van der Waals surface area (Å²) >= 11 is 0. The Labute approximate surface area is 150 Å². The van der Waals surface area contributed by atoms with Crippen molar-refractivity contribution in [3.05, 3.63) is 68.9 Å². The van der Waals surface area contributed by atoms with Crippen LogP contribution in [0.5, 0.6) is 0 Å². The second-order valence-electron chi connectivity index (χ2n) is 6.44. The highest BCUT2D eigenvalue weighted by molar-refractivity contribution is 6.16. The van der Waals surface area contributed by atoms with Gasteiger partial charge < -0.3 is 9.88 Å². The Morgan fingerprint density at radius 2 is 1.92 bits per heavy atom. The van der Waals surface area contributed by atoms with E-state index in [-0.39, 0.29) is 11.4 Å². The number of nitrogens with one attached hydrogen (secondary N) is 1. The van der Waals surface area contributed by atoms with Crippen molar-refractivity contribution in [1.29, 1.82) is 10.5 Å². The molecule has 4 rings (SSSR count). The fourth-order valence-electron chi connectivity index (χ4n) is 3.69. The van der Waals surface area contributed by atoms with Gasteiger partial charge in [0.1, 0.15) is 11.6 Å². The molecule has 26 heavy (non-hydrogen) atoms. The summed E-state index contributed by atoms with van der Waals surface area (Å²) < 4.78 is 2.17. The highest BCUT2D eigenvalue weighted by Gasteiger charge is 2.27. The molecule has 5 heteroatoms. The average Bonchev–Trinajstić information content (AvgIpc) is 2.82. The third-order valence-electron chi connectivity index (χ3n) is 4.96. The second kappa shape index (κ2) is 6.06. The molecule has 1 aromatic carbocycles. The van der Waals surface area contributed by atoms with Crippen molar-refractivity contribution in [3.63, 3.8) is 0 Å². The van der Waals surface area contributed by atoms with E-state index in [4.69, 9.17) is 5.26 Å². The molecule has 1 N–H and O–H groups in total. The van der Waals surface area contributed by atoms with Gasteiger partial charge in [-0.15, -0.1) is 0 Å². The zero-order valence-electron chi connectivity index (χ0n) is 14.3. The van der Waals surface area contributed by atoms with Gasteiger partial charge in [0.2, 0.25) is 5.78 Å². The van der Waals surface area contributed by atoms with Gasteiger partial charge in [-0.05, 0) is 42.7 Å². The molecule has 5 nitrogen and oxygen atoms in total. The number of nitriles is 2. The summed E-state index contributed by atoms with van der Waals surface area (Å²) in [4.78, 5) is 12.9. The molecule has 1 aliphatic carbocycles. The zero-order chi connectivity index (χ0) is 18.3. The number of fused-ring (bicyclic) bond motifs is 3. The van der Waals surface area contributed by atoms with Gasteiger partial charge in [-0.3, -0.25) is 4.79 Å². The summed E-state index contributed by atoms with van der Waals surface area (Å²) in [5.41, 5.74) is 3.97. The summed E-state index contributed by atoms with van der Waals surface area (Å²) in [5.74, 6) is -0.216. The first-order valence-electron chi connectivity index (χ1n) is 8.49. The summed E-state index contributed by atoms with van der Waals surface area (Å²) in [5, 5.41) is 23.6. The van der Waals surface area contributed by atoms with E-state index in [0.29, 0.717) is 11.1 Å². The van der Waals surface area contributed by atoms with Crippen LogP contribution in [0.3, 0.4) is 0 Å². The third-order valence-corrected chi connectivity index (χ3v) is 4.96. The SMILES string of the molecule is Cc1c2c(n3c1=CNCCC3)=C(c1ccc(C#N)cc1)C=C(C#N)C2=O. The Morgan fingerprint density at radius 1 is 1.15 bits per heavy atom. The number of benzene rings is 1. The minimum Gasteiger partial charge on any atom is -0.389 e. The molecule has 0 saturated carbocycles. The summed E-state index contributed by atoms with van der Waals surface area (Å²) in [7, 11) is 0. The number of allylic oxidation sites excluding steroid dienone is 2. The van der Waals surface area contributed by atoms with Crippen LogP contribution in [0.15, 0.2) is 35.9 Å². The van der Waals surface area contributed by atoms with Crippen molar-refractivity contribution in [2.24, 2.45) is 0 Å². The number of hydrogen-bond acceptors (Lipinski definition) is 4. The maximum absolute atomic E-state index is 12.9. The molecule has 1 aliphatic heterocycles. The van der Waals surface area contributed by atoms with Crippen molar-refractivity contribution >= 4 is 17.6 Å². The lowest BCUT2D eigenvalue weighted by molar-refractivity contribution is 0.103. The molecule has 1 aromatic heterocycles. The third kappa shape index (κ3) is 2.26. The van der Waals surface area contributed by atoms with Crippen LogP contribution in [0.1, 0.15) is 33.5 Å². The Balaban J connectivity index is 2.13. The molecular weight excluding hydrogens is 324 g/mol. The van der Waals surface area contributed by atoms with Crippen LogP contribution in [0.2, 0.25) is 0 Å². The topological polar surface area (TPSA) is 81.6 Å². The van der Waals surface area contributed by atoms with Crippen molar-refractivity contribution < 1.29 is 4.79 Å². The van der Waals surface area contributed by atoms with Crippen LogP contribution in [0, 0.1) is 29.6 Å². The molecule has 0 radical (unpaired) electrons. The normalized spacial score (nSPS) is 15.4. The Bertz CT molecular complexity index is 1170. The average molecular weight is 340 g/mol. The molecule has 0 saturated heterocycles. The van der Waals surface area contributed by atoms with E-state index in [1.807, 2.05) is 31.3 Å². The summed E-state index contributed by atoms with van der Waals surface area (Å²) in [6, 6.07) is 11.4. The van der Waals surface area contributed by atoms with Gasteiger partial charge in [-0.1, -0.05) is 12.1 Å². The van der Waals surface area contributed by atoms with Gasteiger partial charge in [0.15, 0.2) is 0 Å². The number of carbonyl (C=O) groups is 1. The second-order valence-corrected chi connectivity index (χ2v) is 6.44. The van der Waals surface area contributed by atoms with E-state index < -0.39 is 0 Å². The van der Waals surface area contributed by atoms with Gasteiger partial charge in [-0.2, -0.15) is 10.5 Å². The molecule has 126 valence electrons. The Kier molecular flexibility index (Phi) is 3.71. The number of Topliss-reactive ketones (excluding diaryl/α,β-unsaturated/α-hetero) is 1. The first-order valence-corrected chi connectivity index (χ1v) is 8.49. The van der Waals surface area contributed by atoms with E-state index in [1.165, 1.54) is 0 Å². The van der Waals surface area contributed by atoms with Crippen LogP contribution < -0.4 is 16.0 Å². The maximum atomic E-state index is 12.9. The number of carbonyl (C=O) groups excluding carboxylic acids is 1. The highest BCUT2D eigenvalue weighted by atomic mass is 16.1. The molecule has 0 bridgehead atoms. The minimum absolute atomic E-state index is 0.147. The zero-order valence-corrected chi connectivity index (χ0v) is 14.3. The lowest BCUT2D eigenvalue weighted by Gasteiger charge is -2.13. The minimum atomic E-state index is -0.216. The quantitative estimate of drug-likeness (QED) is 0.847. The Hall–Kier alpha value is -3.57. The first kappa shape index (κ1) is 15.9. The van der Waals surface area contributed by atoms with E-state index in [1.54, 1.807) is 18.2 Å². The van der Waals surface area contributed by atoms with E-state index in [2.05, 4.69) is 16.0 Å². The van der Waals surface area contributed by atoms with Crippen molar-refractivity contribution in [2.45, 2.75) is 19.9 Å². The lowest BCUT2D eigenvalue weighted by atomic mass is 9.91. The molecule has 2 heterocycles. The van der Waals surface area contributed by atoms with Crippen LogP contribution in [-0.2, 0) is 6.54 Å².